The van der Waals surface area contributed by atoms with Gasteiger partial charge in [0.05, 0.1) is 19.5 Å². The largest absolute Gasteiger partial charge is 0.383 e. The van der Waals surface area contributed by atoms with Crippen LogP contribution in [0.2, 0.25) is 0 Å². The van der Waals surface area contributed by atoms with Gasteiger partial charge in [-0.1, -0.05) is 12.1 Å². The summed E-state index contributed by atoms with van der Waals surface area (Å²) in [4.78, 5) is 0. The minimum Gasteiger partial charge on any atom is -0.383 e. The van der Waals surface area contributed by atoms with E-state index in [-0.39, 0.29) is 5.75 Å². The Kier molecular flexibility index (Phi) is 3.11. The van der Waals surface area contributed by atoms with E-state index in [0.29, 0.717) is 13.2 Å². The Morgan fingerprint density at radius 2 is 1.94 bits per heavy atom. The molecular weight excluding hydrogens is 244 g/mol. The van der Waals surface area contributed by atoms with Crippen LogP contribution in [-0.4, -0.2) is 27.9 Å². The fourth-order valence-corrected chi connectivity index (χ4v) is 2.14. The maximum absolute atomic E-state index is 11.0. The summed E-state index contributed by atoms with van der Waals surface area (Å²) in [7, 11) is -3.52. The zero-order valence-electron chi connectivity index (χ0n) is 9.67. The minimum absolute atomic E-state index is 0.255. The average molecular weight is 258 g/mol. The quantitative estimate of drug-likeness (QED) is 0.763. The van der Waals surface area contributed by atoms with Crippen molar-refractivity contribution in [3.8, 4) is 5.75 Å². The van der Waals surface area contributed by atoms with Crippen LogP contribution in [0, 0.1) is 0 Å². The molecule has 1 fully saturated rings. The van der Waals surface area contributed by atoms with E-state index in [1.54, 1.807) is 31.2 Å². The summed E-state index contributed by atoms with van der Waals surface area (Å²) < 4.78 is 37.8. The van der Waals surface area contributed by atoms with Gasteiger partial charge in [0.25, 0.3) is 0 Å². The molecule has 17 heavy (non-hydrogen) atoms. The van der Waals surface area contributed by atoms with Crippen LogP contribution in [0.3, 0.4) is 0 Å². The second-order valence-electron chi connectivity index (χ2n) is 3.96. The molecular formula is C11H14O5S. The molecule has 0 bridgehead atoms. The fraction of sp³-hybridized carbons (Fsp3) is 0.455. The molecule has 2 rings (SSSR count). The lowest BCUT2D eigenvalue weighted by Crippen LogP contribution is -2.22. The van der Waals surface area contributed by atoms with Gasteiger partial charge in [0, 0.05) is 5.56 Å². The van der Waals surface area contributed by atoms with Gasteiger partial charge in [0.1, 0.15) is 5.75 Å². The monoisotopic (exact) mass is 258 g/mol. The van der Waals surface area contributed by atoms with Crippen LogP contribution in [0.25, 0.3) is 0 Å². The third kappa shape index (κ3) is 2.96. The Morgan fingerprint density at radius 3 is 2.53 bits per heavy atom. The summed E-state index contributed by atoms with van der Waals surface area (Å²) >= 11 is 0. The van der Waals surface area contributed by atoms with E-state index < -0.39 is 15.9 Å². The predicted molar refractivity (Wildman–Crippen MR) is 61.2 cm³/mol. The summed E-state index contributed by atoms with van der Waals surface area (Å²) in [5.74, 6) is -0.568. The molecule has 0 spiro atoms. The first-order valence-corrected chi connectivity index (χ1v) is 6.99. The van der Waals surface area contributed by atoms with Crippen LogP contribution < -0.4 is 4.18 Å². The van der Waals surface area contributed by atoms with E-state index in [0.717, 1.165) is 11.8 Å². The molecule has 6 heteroatoms. The first-order valence-electron chi connectivity index (χ1n) is 5.17. The lowest BCUT2D eigenvalue weighted by molar-refractivity contribution is -0.149. The zero-order chi connectivity index (χ0) is 12.5. The molecule has 0 aliphatic carbocycles. The standard InChI is InChI=1S/C11H14O5S/c1-11(14-6-7-15-11)9-4-3-5-10(8-9)16-17(2,12)13/h3-5,8H,6-7H2,1-2H3. The first-order chi connectivity index (χ1) is 7.89. The highest BCUT2D eigenvalue weighted by Crippen LogP contribution is 2.32. The Balaban J connectivity index is 2.28. The molecule has 1 heterocycles. The number of rotatable bonds is 3. The maximum atomic E-state index is 11.0. The second kappa shape index (κ2) is 4.29. The lowest BCUT2D eigenvalue weighted by Gasteiger charge is -2.22. The Bertz CT molecular complexity index is 502. The Morgan fingerprint density at radius 1 is 1.29 bits per heavy atom. The molecule has 0 amide bonds. The van der Waals surface area contributed by atoms with Gasteiger partial charge in [-0.15, -0.1) is 0 Å². The highest BCUT2D eigenvalue weighted by atomic mass is 32.2. The summed E-state index contributed by atoms with van der Waals surface area (Å²) in [5, 5.41) is 0. The molecule has 0 saturated carbocycles. The van der Waals surface area contributed by atoms with E-state index in [2.05, 4.69) is 0 Å². The molecule has 1 aromatic rings. The molecule has 0 unspecified atom stereocenters. The Hall–Kier alpha value is -1.11. The Labute approximate surface area is 100 Å². The highest BCUT2D eigenvalue weighted by molar-refractivity contribution is 7.86. The van der Waals surface area contributed by atoms with Crippen molar-refractivity contribution in [2.24, 2.45) is 0 Å². The van der Waals surface area contributed by atoms with Gasteiger partial charge in [-0.05, 0) is 19.1 Å². The van der Waals surface area contributed by atoms with Crippen LogP contribution >= 0.6 is 0 Å². The molecule has 0 N–H and O–H groups in total. The van der Waals surface area contributed by atoms with Crippen molar-refractivity contribution in [3.05, 3.63) is 29.8 Å². The maximum Gasteiger partial charge on any atom is 0.306 e. The van der Waals surface area contributed by atoms with Crippen LogP contribution in [0.4, 0.5) is 0 Å². The molecule has 1 aromatic carbocycles. The van der Waals surface area contributed by atoms with Crippen molar-refractivity contribution in [2.75, 3.05) is 19.5 Å². The molecule has 0 aromatic heterocycles. The van der Waals surface area contributed by atoms with Gasteiger partial charge in [0.15, 0.2) is 5.79 Å². The van der Waals surface area contributed by atoms with Gasteiger partial charge in [-0.3, -0.25) is 0 Å². The normalized spacial score (nSPS) is 19.2. The zero-order valence-corrected chi connectivity index (χ0v) is 10.5. The van der Waals surface area contributed by atoms with E-state index in [9.17, 15) is 8.42 Å². The van der Waals surface area contributed by atoms with Crippen molar-refractivity contribution in [1.82, 2.24) is 0 Å². The van der Waals surface area contributed by atoms with Crippen LogP contribution in [0.15, 0.2) is 24.3 Å². The van der Waals surface area contributed by atoms with Crippen molar-refractivity contribution >= 4 is 10.1 Å². The first kappa shape index (κ1) is 12.3. The van der Waals surface area contributed by atoms with Crippen molar-refractivity contribution in [3.63, 3.8) is 0 Å². The van der Waals surface area contributed by atoms with Crippen molar-refractivity contribution in [1.29, 1.82) is 0 Å². The van der Waals surface area contributed by atoms with Crippen LogP contribution in [-0.2, 0) is 25.4 Å². The summed E-state index contributed by atoms with van der Waals surface area (Å²) in [6.07, 6.45) is 1.00. The van der Waals surface area contributed by atoms with Crippen LogP contribution in [0.5, 0.6) is 5.75 Å². The van der Waals surface area contributed by atoms with Crippen molar-refractivity contribution < 1.29 is 22.1 Å². The lowest BCUT2D eigenvalue weighted by atomic mass is 10.1. The van der Waals surface area contributed by atoms with Gasteiger partial charge >= 0.3 is 10.1 Å². The third-order valence-electron chi connectivity index (χ3n) is 2.44. The molecule has 1 aliphatic heterocycles. The number of hydrogen-bond acceptors (Lipinski definition) is 5. The fourth-order valence-electron chi connectivity index (χ4n) is 1.69. The average Bonchev–Trinajstić information content (AvgIpc) is 2.64. The molecule has 1 saturated heterocycles. The van der Waals surface area contributed by atoms with Gasteiger partial charge in [0.2, 0.25) is 0 Å². The summed E-state index contributed by atoms with van der Waals surface area (Å²) in [5.41, 5.74) is 0.733. The van der Waals surface area contributed by atoms with Gasteiger partial charge < -0.3 is 13.7 Å². The number of hydrogen-bond donors (Lipinski definition) is 0. The van der Waals surface area contributed by atoms with E-state index in [1.165, 1.54) is 0 Å². The number of ether oxygens (including phenoxy) is 2. The third-order valence-corrected chi connectivity index (χ3v) is 2.94. The van der Waals surface area contributed by atoms with E-state index in [1.807, 2.05) is 0 Å². The molecule has 0 radical (unpaired) electrons. The molecule has 1 aliphatic rings. The molecule has 94 valence electrons. The molecule has 0 atom stereocenters. The molecule has 5 nitrogen and oxygen atoms in total. The summed E-state index contributed by atoms with van der Waals surface area (Å²) in [6, 6.07) is 6.68. The van der Waals surface area contributed by atoms with Crippen molar-refractivity contribution in [2.45, 2.75) is 12.7 Å². The van der Waals surface area contributed by atoms with Gasteiger partial charge in [-0.2, -0.15) is 8.42 Å². The predicted octanol–water partition coefficient (Wildman–Crippen LogP) is 1.24. The second-order valence-corrected chi connectivity index (χ2v) is 5.53. The minimum atomic E-state index is -3.52. The number of benzene rings is 1. The SMILES string of the molecule is CC1(c2cccc(OS(C)(=O)=O)c2)OCCO1. The van der Waals surface area contributed by atoms with E-state index >= 15 is 0 Å². The summed E-state index contributed by atoms with van der Waals surface area (Å²) in [6.45, 7) is 2.83. The van der Waals surface area contributed by atoms with Crippen LogP contribution in [0.1, 0.15) is 12.5 Å². The highest BCUT2D eigenvalue weighted by Gasteiger charge is 2.33. The smallest absolute Gasteiger partial charge is 0.306 e. The topological polar surface area (TPSA) is 61.8 Å². The van der Waals surface area contributed by atoms with E-state index in [4.69, 9.17) is 13.7 Å². The van der Waals surface area contributed by atoms with Gasteiger partial charge in [-0.25, -0.2) is 0 Å².